The molecule has 0 aromatic heterocycles. The minimum atomic E-state index is -0.521. The number of rotatable bonds is 2. The highest BCUT2D eigenvalue weighted by Gasteiger charge is 2.06. The first-order valence-electron chi connectivity index (χ1n) is 3.19. The second-order valence-electron chi connectivity index (χ2n) is 2.21. The Hall–Kier alpha value is -1.91. The van der Waals surface area contributed by atoms with Gasteiger partial charge < -0.3 is 11.1 Å². The highest BCUT2D eigenvalue weighted by atomic mass is 16.6. The number of nitrogens with zero attached hydrogens (tertiary/aromatic N) is 1. The van der Waals surface area contributed by atoms with E-state index in [1.165, 1.54) is 18.2 Å². The van der Waals surface area contributed by atoms with Crippen LogP contribution in [0.1, 0.15) is 5.56 Å². The van der Waals surface area contributed by atoms with Crippen LogP contribution >= 0.6 is 0 Å². The molecule has 5 nitrogen and oxygen atoms in total. The molecule has 0 bridgehead atoms. The van der Waals surface area contributed by atoms with Gasteiger partial charge in [-0.05, 0) is 6.07 Å². The fourth-order valence-corrected chi connectivity index (χ4v) is 0.801. The van der Waals surface area contributed by atoms with Crippen LogP contribution in [0.5, 0.6) is 0 Å². The Morgan fingerprint density at radius 3 is 2.75 bits per heavy atom. The lowest BCUT2D eigenvalue weighted by Gasteiger charge is -1.97. The van der Waals surface area contributed by atoms with Crippen molar-refractivity contribution in [3.63, 3.8) is 0 Å². The van der Waals surface area contributed by atoms with Crippen molar-refractivity contribution in [3.8, 4) is 0 Å². The number of hydrogen-bond donors (Lipinski definition) is 2. The molecular weight excluding hydrogens is 158 g/mol. The molecule has 0 heterocycles. The molecule has 0 aliphatic heterocycles. The van der Waals surface area contributed by atoms with Gasteiger partial charge in [0.15, 0.2) is 0 Å². The molecule has 3 N–H and O–H groups in total. The first-order chi connectivity index (χ1) is 5.65. The van der Waals surface area contributed by atoms with Gasteiger partial charge in [-0.2, -0.15) is 0 Å². The van der Waals surface area contributed by atoms with E-state index in [2.05, 4.69) is 0 Å². The van der Waals surface area contributed by atoms with Gasteiger partial charge in [0.2, 0.25) is 0 Å². The number of non-ortho nitro benzene ring substituents is 1. The van der Waals surface area contributed by atoms with Crippen molar-refractivity contribution in [1.82, 2.24) is 0 Å². The van der Waals surface area contributed by atoms with Gasteiger partial charge in [0.1, 0.15) is 0 Å². The Balaban J connectivity index is 3.22. The van der Waals surface area contributed by atoms with Crippen molar-refractivity contribution in [1.29, 1.82) is 5.41 Å². The van der Waals surface area contributed by atoms with Crippen LogP contribution < -0.4 is 5.73 Å². The summed E-state index contributed by atoms with van der Waals surface area (Å²) in [5.41, 5.74) is 6.11. The van der Waals surface area contributed by atoms with Crippen molar-refractivity contribution < 1.29 is 4.92 Å². The van der Waals surface area contributed by atoms with Gasteiger partial charge in [-0.3, -0.25) is 10.1 Å². The standard InChI is InChI=1S/C7H7N3O2/c8-4-5-3-6(10(11)12)1-2-7(5)9/h1-4,8H,9H2. The number of nitro benzene ring substituents is 1. The average molecular weight is 165 g/mol. The molecule has 5 heteroatoms. The van der Waals surface area contributed by atoms with Gasteiger partial charge in [0.05, 0.1) is 4.92 Å². The van der Waals surface area contributed by atoms with Crippen LogP contribution in [0.15, 0.2) is 18.2 Å². The lowest BCUT2D eigenvalue weighted by atomic mass is 10.2. The van der Waals surface area contributed by atoms with Crippen LogP contribution in [0, 0.1) is 15.5 Å². The highest BCUT2D eigenvalue weighted by molar-refractivity contribution is 5.85. The van der Waals surface area contributed by atoms with Crippen molar-refractivity contribution in [2.24, 2.45) is 0 Å². The summed E-state index contributed by atoms with van der Waals surface area (Å²) < 4.78 is 0. The first kappa shape index (κ1) is 8.19. The molecule has 0 fully saturated rings. The smallest absolute Gasteiger partial charge is 0.270 e. The minimum Gasteiger partial charge on any atom is -0.398 e. The zero-order valence-corrected chi connectivity index (χ0v) is 6.15. The molecule has 12 heavy (non-hydrogen) atoms. The molecule has 0 spiro atoms. The summed E-state index contributed by atoms with van der Waals surface area (Å²) in [7, 11) is 0. The maximum Gasteiger partial charge on any atom is 0.270 e. The van der Waals surface area contributed by atoms with E-state index < -0.39 is 4.92 Å². The molecule has 1 rings (SSSR count). The molecule has 62 valence electrons. The Labute approximate surface area is 68.5 Å². The molecule has 1 aromatic carbocycles. The molecule has 0 radical (unpaired) electrons. The summed E-state index contributed by atoms with van der Waals surface area (Å²) in [6.45, 7) is 0. The number of nitrogen functional groups attached to an aromatic ring is 1. The predicted octanol–water partition coefficient (Wildman–Crippen LogP) is 1.17. The maximum absolute atomic E-state index is 10.3. The molecule has 0 unspecified atom stereocenters. The maximum atomic E-state index is 10.3. The second kappa shape index (κ2) is 3.00. The van der Waals surface area contributed by atoms with Crippen LogP contribution in [0.2, 0.25) is 0 Å². The van der Waals surface area contributed by atoms with E-state index in [4.69, 9.17) is 11.1 Å². The highest BCUT2D eigenvalue weighted by Crippen LogP contribution is 2.17. The van der Waals surface area contributed by atoms with Gasteiger partial charge in [-0.1, -0.05) is 0 Å². The molecule has 0 saturated heterocycles. The second-order valence-corrected chi connectivity index (χ2v) is 2.21. The van der Waals surface area contributed by atoms with E-state index in [-0.39, 0.29) is 5.69 Å². The summed E-state index contributed by atoms with van der Waals surface area (Å²) in [6, 6.07) is 3.99. The number of anilines is 1. The van der Waals surface area contributed by atoms with Crippen molar-refractivity contribution in [2.45, 2.75) is 0 Å². The van der Waals surface area contributed by atoms with Crippen LogP contribution in [0.4, 0.5) is 11.4 Å². The zero-order chi connectivity index (χ0) is 9.14. The molecule has 0 aliphatic rings. The first-order valence-corrected chi connectivity index (χ1v) is 3.19. The van der Waals surface area contributed by atoms with Crippen LogP contribution in [-0.2, 0) is 0 Å². The lowest BCUT2D eigenvalue weighted by molar-refractivity contribution is -0.384. The summed E-state index contributed by atoms with van der Waals surface area (Å²) in [5.74, 6) is 0. The quantitative estimate of drug-likeness (QED) is 0.298. The summed E-state index contributed by atoms with van der Waals surface area (Å²) in [4.78, 5) is 9.75. The third-order valence-corrected chi connectivity index (χ3v) is 1.44. The van der Waals surface area contributed by atoms with Gasteiger partial charge in [-0.15, -0.1) is 0 Å². The van der Waals surface area contributed by atoms with E-state index in [0.29, 0.717) is 11.3 Å². The van der Waals surface area contributed by atoms with E-state index >= 15 is 0 Å². The molecule has 0 amide bonds. The Kier molecular flexibility index (Phi) is 2.05. The molecule has 0 atom stereocenters. The zero-order valence-electron chi connectivity index (χ0n) is 6.15. The topological polar surface area (TPSA) is 93.0 Å². The number of nitrogens with two attached hydrogens (primary N) is 1. The predicted molar refractivity (Wildman–Crippen MR) is 45.4 cm³/mol. The molecule has 0 saturated carbocycles. The number of nitrogens with one attached hydrogen (secondary N) is 1. The van der Waals surface area contributed by atoms with E-state index in [0.717, 1.165) is 6.21 Å². The molecule has 0 aliphatic carbocycles. The van der Waals surface area contributed by atoms with Crippen LogP contribution in [0.25, 0.3) is 0 Å². The monoisotopic (exact) mass is 165 g/mol. The SMILES string of the molecule is N=Cc1cc([N+](=O)[O-])ccc1N. The lowest BCUT2D eigenvalue weighted by Crippen LogP contribution is -1.95. The Bertz CT molecular complexity index is 335. The van der Waals surface area contributed by atoms with Crippen LogP contribution in [0.3, 0.4) is 0 Å². The van der Waals surface area contributed by atoms with E-state index in [9.17, 15) is 10.1 Å². The molecular formula is C7H7N3O2. The third-order valence-electron chi connectivity index (χ3n) is 1.44. The summed E-state index contributed by atoms with van der Waals surface area (Å²) in [5, 5.41) is 17.2. The normalized spacial score (nSPS) is 9.33. The molecule has 1 aromatic rings. The van der Waals surface area contributed by atoms with Crippen molar-refractivity contribution in [3.05, 3.63) is 33.9 Å². The Morgan fingerprint density at radius 2 is 2.25 bits per heavy atom. The Morgan fingerprint density at radius 1 is 1.58 bits per heavy atom. The van der Waals surface area contributed by atoms with E-state index in [1.807, 2.05) is 0 Å². The average Bonchev–Trinajstić information content (AvgIpc) is 2.05. The fourth-order valence-electron chi connectivity index (χ4n) is 0.801. The van der Waals surface area contributed by atoms with Crippen molar-refractivity contribution in [2.75, 3.05) is 5.73 Å². The van der Waals surface area contributed by atoms with Crippen molar-refractivity contribution >= 4 is 17.6 Å². The van der Waals surface area contributed by atoms with Crippen LogP contribution in [-0.4, -0.2) is 11.1 Å². The van der Waals surface area contributed by atoms with Gasteiger partial charge in [0, 0.05) is 29.6 Å². The van der Waals surface area contributed by atoms with Gasteiger partial charge in [0.25, 0.3) is 5.69 Å². The fraction of sp³-hybridized carbons (Fsp3) is 0. The minimum absolute atomic E-state index is 0.0531. The van der Waals surface area contributed by atoms with Gasteiger partial charge >= 0.3 is 0 Å². The summed E-state index contributed by atoms with van der Waals surface area (Å²) in [6.07, 6.45) is 0.988. The largest absolute Gasteiger partial charge is 0.398 e. The number of hydrogen-bond acceptors (Lipinski definition) is 4. The number of benzene rings is 1. The van der Waals surface area contributed by atoms with E-state index in [1.54, 1.807) is 0 Å². The third kappa shape index (κ3) is 1.39. The number of nitro groups is 1. The van der Waals surface area contributed by atoms with Gasteiger partial charge in [-0.25, -0.2) is 0 Å². The summed E-state index contributed by atoms with van der Waals surface area (Å²) >= 11 is 0.